The van der Waals surface area contributed by atoms with Crippen LogP contribution in [0.5, 0.6) is 5.75 Å². The summed E-state index contributed by atoms with van der Waals surface area (Å²) in [6.45, 7) is 0.896. The highest BCUT2D eigenvalue weighted by molar-refractivity contribution is 5.73. The van der Waals surface area contributed by atoms with Crippen LogP contribution < -0.4 is 16.2 Å². The second-order valence-electron chi connectivity index (χ2n) is 3.21. The van der Waals surface area contributed by atoms with Crippen LogP contribution in [0.4, 0.5) is 0 Å². The number of benzene rings is 1. The van der Waals surface area contributed by atoms with Crippen molar-refractivity contribution >= 4 is 5.91 Å². The number of para-hydroxylation sites is 1. The number of nitrogens with two attached hydrogens (primary N) is 2. The molecular weight excluding hydrogens is 192 g/mol. The monoisotopic (exact) mass is 208 g/mol. The van der Waals surface area contributed by atoms with Crippen LogP contribution in [-0.4, -0.2) is 19.1 Å². The molecule has 0 fully saturated rings. The number of carbonyl (C=O) groups is 1. The van der Waals surface area contributed by atoms with E-state index in [2.05, 4.69) is 0 Å². The Morgan fingerprint density at radius 2 is 2.07 bits per heavy atom. The van der Waals surface area contributed by atoms with Gasteiger partial charge >= 0.3 is 0 Å². The van der Waals surface area contributed by atoms with Gasteiger partial charge in [-0.2, -0.15) is 0 Å². The summed E-state index contributed by atoms with van der Waals surface area (Å²) >= 11 is 0. The van der Waals surface area contributed by atoms with E-state index >= 15 is 0 Å². The summed E-state index contributed by atoms with van der Waals surface area (Å²) in [7, 11) is 0. The van der Waals surface area contributed by atoms with Gasteiger partial charge in [-0.15, -0.1) is 0 Å². The third kappa shape index (κ3) is 3.99. The molecule has 0 saturated carbocycles. The fraction of sp³-hybridized carbons (Fsp3) is 0.364. The summed E-state index contributed by atoms with van der Waals surface area (Å²) in [6.07, 6.45) is 1.00. The van der Waals surface area contributed by atoms with Crippen molar-refractivity contribution in [3.8, 4) is 5.75 Å². The quantitative estimate of drug-likeness (QED) is 0.712. The summed E-state index contributed by atoms with van der Waals surface area (Å²) in [4.78, 5) is 10.5. The van der Waals surface area contributed by atoms with Crippen LogP contribution in [0.1, 0.15) is 12.0 Å². The maximum atomic E-state index is 10.5. The van der Waals surface area contributed by atoms with Gasteiger partial charge in [0.25, 0.3) is 0 Å². The van der Waals surface area contributed by atoms with Crippen molar-refractivity contribution in [2.45, 2.75) is 12.8 Å². The van der Waals surface area contributed by atoms with Crippen LogP contribution in [0, 0.1) is 0 Å². The summed E-state index contributed by atoms with van der Waals surface area (Å²) in [5.41, 5.74) is 11.6. The Kier molecular flexibility index (Phi) is 4.63. The first-order valence-corrected chi connectivity index (χ1v) is 4.93. The summed E-state index contributed by atoms with van der Waals surface area (Å²) in [5.74, 6) is 0.426. The average molecular weight is 208 g/mol. The fourth-order valence-corrected chi connectivity index (χ4v) is 1.27. The largest absolute Gasteiger partial charge is 0.493 e. The van der Waals surface area contributed by atoms with Gasteiger partial charge in [0.15, 0.2) is 0 Å². The molecule has 0 radical (unpaired) electrons. The van der Waals surface area contributed by atoms with Crippen molar-refractivity contribution in [3.05, 3.63) is 29.8 Å². The molecule has 0 saturated heterocycles. The Morgan fingerprint density at radius 3 is 2.73 bits per heavy atom. The standard InChI is InChI=1S/C11H16N2O2/c12-7-5-9-3-1-2-4-10(9)15-8-6-11(13)14/h1-4H,5-8,12H2,(H2,13,14). The van der Waals surface area contributed by atoms with Crippen LogP contribution in [0.2, 0.25) is 0 Å². The molecule has 0 heterocycles. The lowest BCUT2D eigenvalue weighted by molar-refractivity contribution is -0.118. The number of ether oxygens (including phenoxy) is 1. The van der Waals surface area contributed by atoms with Gasteiger partial charge in [0, 0.05) is 0 Å². The van der Waals surface area contributed by atoms with Crippen LogP contribution in [0.25, 0.3) is 0 Å². The first-order valence-electron chi connectivity index (χ1n) is 4.93. The van der Waals surface area contributed by atoms with E-state index in [9.17, 15) is 4.79 Å². The number of hydrogen-bond acceptors (Lipinski definition) is 3. The Labute approximate surface area is 89.2 Å². The fourth-order valence-electron chi connectivity index (χ4n) is 1.27. The highest BCUT2D eigenvalue weighted by Crippen LogP contribution is 2.18. The van der Waals surface area contributed by atoms with E-state index in [1.165, 1.54) is 0 Å². The third-order valence-corrected chi connectivity index (χ3v) is 1.99. The van der Waals surface area contributed by atoms with Gasteiger partial charge in [-0.05, 0) is 24.6 Å². The lowest BCUT2D eigenvalue weighted by Gasteiger charge is -2.09. The number of carbonyl (C=O) groups excluding carboxylic acids is 1. The molecule has 1 rings (SSSR count). The highest BCUT2D eigenvalue weighted by Gasteiger charge is 2.02. The van der Waals surface area contributed by atoms with E-state index in [0.717, 1.165) is 17.7 Å². The molecule has 1 amide bonds. The van der Waals surface area contributed by atoms with Crippen molar-refractivity contribution in [1.82, 2.24) is 0 Å². The Balaban J connectivity index is 2.55. The van der Waals surface area contributed by atoms with Crippen LogP contribution >= 0.6 is 0 Å². The number of hydrogen-bond donors (Lipinski definition) is 2. The van der Waals surface area contributed by atoms with Gasteiger partial charge in [-0.1, -0.05) is 18.2 Å². The Hall–Kier alpha value is -1.55. The molecule has 15 heavy (non-hydrogen) atoms. The Morgan fingerprint density at radius 1 is 1.33 bits per heavy atom. The lowest BCUT2D eigenvalue weighted by atomic mass is 10.1. The zero-order valence-electron chi connectivity index (χ0n) is 8.61. The maximum Gasteiger partial charge on any atom is 0.220 e. The van der Waals surface area contributed by atoms with E-state index in [1.807, 2.05) is 24.3 Å². The van der Waals surface area contributed by atoms with E-state index < -0.39 is 0 Å². The predicted octanol–water partition coefficient (Wildman–Crippen LogP) is 0.442. The van der Waals surface area contributed by atoms with Gasteiger partial charge in [0.05, 0.1) is 13.0 Å². The van der Waals surface area contributed by atoms with Crippen LogP contribution in [0.3, 0.4) is 0 Å². The molecule has 82 valence electrons. The number of rotatable bonds is 6. The number of amides is 1. The molecule has 0 unspecified atom stereocenters. The molecule has 0 spiro atoms. The van der Waals surface area contributed by atoms with E-state index in [0.29, 0.717) is 13.2 Å². The molecule has 0 aromatic heterocycles. The van der Waals surface area contributed by atoms with Crippen molar-refractivity contribution in [2.75, 3.05) is 13.2 Å². The molecule has 0 bridgehead atoms. The second kappa shape index (κ2) is 6.03. The molecular formula is C11H16N2O2. The summed E-state index contributed by atoms with van der Waals surface area (Å²) < 4.78 is 5.44. The smallest absolute Gasteiger partial charge is 0.220 e. The first kappa shape index (κ1) is 11.5. The first-order chi connectivity index (χ1) is 7.24. The number of primary amides is 1. The van der Waals surface area contributed by atoms with Gasteiger partial charge in [-0.3, -0.25) is 4.79 Å². The molecule has 1 aromatic rings. The highest BCUT2D eigenvalue weighted by atomic mass is 16.5. The molecule has 0 aliphatic heterocycles. The van der Waals surface area contributed by atoms with Crippen molar-refractivity contribution in [2.24, 2.45) is 11.5 Å². The van der Waals surface area contributed by atoms with Crippen molar-refractivity contribution in [1.29, 1.82) is 0 Å². The Bertz CT molecular complexity index is 326. The van der Waals surface area contributed by atoms with Gasteiger partial charge in [-0.25, -0.2) is 0 Å². The molecule has 4 heteroatoms. The minimum atomic E-state index is -0.355. The SMILES string of the molecule is NCCc1ccccc1OCCC(N)=O. The molecule has 4 N–H and O–H groups in total. The molecule has 4 nitrogen and oxygen atoms in total. The van der Waals surface area contributed by atoms with E-state index in [-0.39, 0.29) is 12.3 Å². The van der Waals surface area contributed by atoms with Gasteiger partial charge in [0.2, 0.25) is 5.91 Å². The van der Waals surface area contributed by atoms with Gasteiger partial charge in [0.1, 0.15) is 5.75 Å². The van der Waals surface area contributed by atoms with Crippen LogP contribution in [-0.2, 0) is 11.2 Å². The zero-order chi connectivity index (χ0) is 11.1. The normalized spacial score (nSPS) is 9.93. The van der Waals surface area contributed by atoms with Gasteiger partial charge < -0.3 is 16.2 Å². The predicted molar refractivity (Wildman–Crippen MR) is 58.5 cm³/mol. The topological polar surface area (TPSA) is 78.3 Å². The van der Waals surface area contributed by atoms with Crippen molar-refractivity contribution in [3.63, 3.8) is 0 Å². The minimum Gasteiger partial charge on any atom is -0.493 e. The van der Waals surface area contributed by atoms with Crippen LogP contribution in [0.15, 0.2) is 24.3 Å². The molecule has 0 atom stereocenters. The summed E-state index contributed by atoms with van der Waals surface area (Å²) in [5, 5.41) is 0. The average Bonchev–Trinajstić information content (AvgIpc) is 2.20. The molecule has 0 aliphatic rings. The minimum absolute atomic E-state index is 0.233. The summed E-state index contributed by atoms with van der Waals surface area (Å²) in [6, 6.07) is 7.66. The molecule has 1 aromatic carbocycles. The van der Waals surface area contributed by atoms with Crippen molar-refractivity contribution < 1.29 is 9.53 Å². The molecule has 0 aliphatic carbocycles. The lowest BCUT2D eigenvalue weighted by Crippen LogP contribution is -2.15. The second-order valence-corrected chi connectivity index (χ2v) is 3.21. The van der Waals surface area contributed by atoms with E-state index in [4.69, 9.17) is 16.2 Å². The zero-order valence-corrected chi connectivity index (χ0v) is 8.61. The van der Waals surface area contributed by atoms with E-state index in [1.54, 1.807) is 0 Å². The third-order valence-electron chi connectivity index (χ3n) is 1.99. The maximum absolute atomic E-state index is 10.5.